The van der Waals surface area contributed by atoms with Crippen LogP contribution in [0.2, 0.25) is 5.02 Å². The first-order valence-corrected chi connectivity index (χ1v) is 14.4. The number of hydrogen-bond acceptors (Lipinski definition) is 5. The first-order chi connectivity index (χ1) is 17.8. The van der Waals surface area contributed by atoms with E-state index in [-0.39, 0.29) is 29.9 Å². The van der Waals surface area contributed by atoms with E-state index in [4.69, 9.17) is 17.3 Å². The van der Waals surface area contributed by atoms with E-state index in [0.29, 0.717) is 32.6 Å². The van der Waals surface area contributed by atoms with Gasteiger partial charge < -0.3 is 15.5 Å². The van der Waals surface area contributed by atoms with Crippen molar-refractivity contribution >= 4 is 39.5 Å². The summed E-state index contributed by atoms with van der Waals surface area (Å²) >= 11 is 9.90. The number of primary amides is 1. The van der Waals surface area contributed by atoms with Crippen LogP contribution in [-0.4, -0.2) is 82.2 Å². The normalized spacial score (nSPS) is 26.9. The lowest BCUT2D eigenvalue weighted by atomic mass is 9.90. The van der Waals surface area contributed by atoms with Gasteiger partial charge in [-0.15, -0.1) is 0 Å². The summed E-state index contributed by atoms with van der Waals surface area (Å²) in [6, 6.07) is 5.49. The standard InChI is InChI=1S/C27H35BrClN5O3/c28-21-15-20-4-3-19-16-22(29)5-6-23(19)26(25(20)34(37)17-21)32-12-10-31(11-13-32)24(35)14-18-2-1-8-33(9-7-18)27(30)36/h5-6,15-18,25-26,37H,1-4,7-14H2,(H2,30,36)/t18?,25?,26-/m1/s1. The number of halogens is 2. The third kappa shape index (κ3) is 5.85. The summed E-state index contributed by atoms with van der Waals surface area (Å²) in [5.74, 6) is 0.482. The van der Waals surface area contributed by atoms with Gasteiger partial charge in [-0.3, -0.25) is 20.0 Å². The first kappa shape index (κ1) is 26.5. The number of allylic oxidation sites excluding steroid dienone is 2. The quantitative estimate of drug-likeness (QED) is 0.547. The minimum atomic E-state index is -0.370. The number of nitrogens with zero attached hydrogens (tertiary/aromatic N) is 4. The summed E-state index contributed by atoms with van der Waals surface area (Å²) in [7, 11) is 0. The van der Waals surface area contributed by atoms with Crippen LogP contribution in [-0.2, 0) is 11.2 Å². The van der Waals surface area contributed by atoms with Crippen molar-refractivity contribution in [2.45, 2.75) is 50.6 Å². The van der Waals surface area contributed by atoms with E-state index < -0.39 is 0 Å². The molecule has 10 heteroatoms. The van der Waals surface area contributed by atoms with Crippen molar-refractivity contribution in [3.63, 3.8) is 0 Å². The molecule has 2 unspecified atom stereocenters. The van der Waals surface area contributed by atoms with Gasteiger partial charge in [0.25, 0.3) is 0 Å². The molecule has 5 rings (SSSR count). The number of piperazine rings is 1. The van der Waals surface area contributed by atoms with E-state index in [0.717, 1.165) is 54.7 Å². The molecule has 37 heavy (non-hydrogen) atoms. The smallest absolute Gasteiger partial charge is 0.314 e. The monoisotopic (exact) mass is 591 g/mol. The summed E-state index contributed by atoms with van der Waals surface area (Å²) in [5, 5.41) is 13.1. The number of carbonyl (C=O) groups is 2. The minimum absolute atomic E-state index is 0.0400. The molecule has 0 saturated carbocycles. The highest BCUT2D eigenvalue weighted by Crippen LogP contribution is 2.42. The van der Waals surface area contributed by atoms with Crippen LogP contribution in [0.15, 0.2) is 40.5 Å². The Hall–Kier alpha value is -2.07. The summed E-state index contributed by atoms with van der Waals surface area (Å²) in [6.07, 6.45) is 8.76. The van der Waals surface area contributed by atoms with Crippen LogP contribution in [0, 0.1) is 5.92 Å². The van der Waals surface area contributed by atoms with Crippen molar-refractivity contribution in [2.75, 3.05) is 39.3 Å². The van der Waals surface area contributed by atoms with Gasteiger partial charge in [0.05, 0.1) is 12.1 Å². The van der Waals surface area contributed by atoms with Crippen molar-refractivity contribution in [1.29, 1.82) is 0 Å². The molecule has 3 N–H and O–H groups in total. The Morgan fingerprint density at radius 1 is 1.03 bits per heavy atom. The van der Waals surface area contributed by atoms with Gasteiger partial charge in [0.2, 0.25) is 5.91 Å². The maximum absolute atomic E-state index is 13.2. The number of nitrogens with two attached hydrogens (primary N) is 1. The third-order valence-corrected chi connectivity index (χ3v) is 9.00. The number of rotatable bonds is 3. The van der Waals surface area contributed by atoms with Crippen molar-refractivity contribution in [3.05, 3.63) is 56.7 Å². The van der Waals surface area contributed by atoms with Gasteiger partial charge in [-0.05, 0) is 88.9 Å². The Bertz CT molecular complexity index is 1100. The fraction of sp³-hybridized carbons (Fsp3) is 0.556. The predicted octanol–water partition coefficient (Wildman–Crippen LogP) is 4.28. The van der Waals surface area contributed by atoms with Crippen molar-refractivity contribution in [3.8, 4) is 0 Å². The summed E-state index contributed by atoms with van der Waals surface area (Å²) in [5.41, 5.74) is 9.05. The van der Waals surface area contributed by atoms with Gasteiger partial charge >= 0.3 is 6.03 Å². The Kier molecular flexibility index (Phi) is 8.14. The van der Waals surface area contributed by atoms with Gasteiger partial charge in [0, 0.05) is 61.4 Å². The molecule has 1 aliphatic carbocycles. The number of urea groups is 1. The highest BCUT2D eigenvalue weighted by atomic mass is 79.9. The highest BCUT2D eigenvalue weighted by Gasteiger charge is 2.40. The van der Waals surface area contributed by atoms with Crippen molar-refractivity contribution in [2.24, 2.45) is 11.7 Å². The molecule has 0 radical (unpaired) electrons. The van der Waals surface area contributed by atoms with Crippen LogP contribution in [0.25, 0.3) is 0 Å². The van der Waals surface area contributed by atoms with Crippen LogP contribution in [0.5, 0.6) is 0 Å². The zero-order valence-corrected chi connectivity index (χ0v) is 23.3. The number of carbonyl (C=O) groups excluding carboxylic acids is 2. The molecule has 200 valence electrons. The molecule has 4 aliphatic rings. The maximum Gasteiger partial charge on any atom is 0.314 e. The van der Waals surface area contributed by atoms with Crippen LogP contribution in [0.3, 0.4) is 0 Å². The topological polar surface area (TPSA) is 93.3 Å². The Balaban J connectivity index is 1.27. The van der Waals surface area contributed by atoms with Gasteiger partial charge in [0.1, 0.15) is 0 Å². The number of amides is 3. The third-order valence-electron chi connectivity index (χ3n) is 8.33. The Labute approximate surface area is 231 Å². The molecule has 1 aromatic carbocycles. The molecular formula is C27H35BrClN5O3. The number of benzene rings is 1. The van der Waals surface area contributed by atoms with E-state index in [2.05, 4.69) is 39.0 Å². The van der Waals surface area contributed by atoms with Gasteiger partial charge in [-0.2, -0.15) is 0 Å². The van der Waals surface area contributed by atoms with E-state index in [1.54, 1.807) is 11.1 Å². The predicted molar refractivity (Wildman–Crippen MR) is 146 cm³/mol. The van der Waals surface area contributed by atoms with Crippen LogP contribution in [0.1, 0.15) is 49.3 Å². The van der Waals surface area contributed by atoms with Gasteiger partial charge in [0.15, 0.2) is 0 Å². The Morgan fingerprint density at radius 3 is 2.57 bits per heavy atom. The number of hydroxylamine groups is 2. The number of likely N-dealkylation sites (tertiary alicyclic amines) is 1. The minimum Gasteiger partial charge on any atom is -0.351 e. The average Bonchev–Trinajstić information content (AvgIpc) is 3.19. The zero-order valence-electron chi connectivity index (χ0n) is 21.0. The lowest BCUT2D eigenvalue weighted by molar-refractivity contribution is -0.135. The van der Waals surface area contributed by atoms with E-state index in [9.17, 15) is 14.8 Å². The fourth-order valence-corrected chi connectivity index (χ4v) is 7.08. The molecule has 0 aromatic heterocycles. The van der Waals surface area contributed by atoms with E-state index in [1.165, 1.54) is 21.8 Å². The number of aryl methyl sites for hydroxylation is 1. The van der Waals surface area contributed by atoms with Crippen LogP contribution in [0.4, 0.5) is 4.79 Å². The molecule has 2 fully saturated rings. The van der Waals surface area contributed by atoms with Crippen molar-refractivity contribution < 1.29 is 14.8 Å². The molecule has 2 saturated heterocycles. The molecule has 3 aliphatic heterocycles. The lowest BCUT2D eigenvalue weighted by Crippen LogP contribution is -2.54. The zero-order chi connectivity index (χ0) is 26.1. The average molecular weight is 593 g/mol. The fourth-order valence-electron chi connectivity index (χ4n) is 6.38. The highest BCUT2D eigenvalue weighted by molar-refractivity contribution is 9.11. The second kappa shape index (κ2) is 11.4. The molecule has 3 heterocycles. The maximum atomic E-state index is 13.2. The SMILES string of the molecule is NC(=O)N1CCCC(CC(=O)N2CCN([C@@H]3c4ccc(Cl)cc4CCC4=CC(Br)=CN(O)C43)CC2)CC1. The van der Waals surface area contributed by atoms with Gasteiger partial charge in [-0.1, -0.05) is 17.7 Å². The second-order valence-corrected chi connectivity index (χ2v) is 11.9. The molecule has 1 aromatic rings. The van der Waals surface area contributed by atoms with E-state index in [1.807, 2.05) is 11.0 Å². The molecule has 3 amide bonds. The number of fused-ring (bicyclic) bond motifs is 2. The first-order valence-electron chi connectivity index (χ1n) is 13.2. The number of hydrogen-bond donors (Lipinski definition) is 2. The molecule has 3 atom stereocenters. The molecule has 8 nitrogen and oxygen atoms in total. The molecule has 0 spiro atoms. The van der Waals surface area contributed by atoms with Crippen LogP contribution < -0.4 is 5.73 Å². The largest absolute Gasteiger partial charge is 0.351 e. The van der Waals surface area contributed by atoms with E-state index >= 15 is 0 Å². The van der Waals surface area contributed by atoms with Crippen molar-refractivity contribution in [1.82, 2.24) is 19.8 Å². The molecule has 0 bridgehead atoms. The lowest BCUT2D eigenvalue weighted by Gasteiger charge is -2.45. The van der Waals surface area contributed by atoms with Crippen LogP contribution >= 0.6 is 27.5 Å². The van der Waals surface area contributed by atoms with Gasteiger partial charge in [-0.25, -0.2) is 4.79 Å². The summed E-state index contributed by atoms with van der Waals surface area (Å²) < 4.78 is 0.858. The summed E-state index contributed by atoms with van der Waals surface area (Å²) in [4.78, 5) is 30.8. The summed E-state index contributed by atoms with van der Waals surface area (Å²) in [6.45, 7) is 4.11. The second-order valence-electron chi connectivity index (χ2n) is 10.6. The Morgan fingerprint density at radius 2 is 1.81 bits per heavy atom. The molecular weight excluding hydrogens is 558 g/mol.